The van der Waals surface area contributed by atoms with Crippen molar-refractivity contribution in [1.29, 1.82) is 0 Å². The van der Waals surface area contributed by atoms with Gasteiger partial charge in [-0.15, -0.1) is 0 Å². The van der Waals surface area contributed by atoms with E-state index in [9.17, 15) is 18.0 Å². The Labute approximate surface area is 155 Å². The maximum atomic E-state index is 12.7. The maximum absolute atomic E-state index is 12.7. The number of likely N-dealkylation sites (N-methyl/N-ethyl adjacent to an activating group) is 1. The number of sulfone groups is 1. The molecule has 146 valence electrons. The maximum Gasteiger partial charge on any atom is 0.275 e. The Morgan fingerprint density at radius 1 is 1.31 bits per heavy atom. The zero-order chi connectivity index (χ0) is 19.6. The van der Waals surface area contributed by atoms with Crippen molar-refractivity contribution in [2.75, 3.05) is 31.6 Å². The molecule has 0 spiro atoms. The topological polar surface area (TPSA) is 89.7 Å². The Balaban J connectivity index is 2.08. The molecule has 1 aliphatic heterocycles. The number of aromatic nitrogens is 1. The third-order valence-corrected chi connectivity index (χ3v) is 6.48. The molecule has 0 bridgehead atoms. The van der Waals surface area contributed by atoms with Crippen molar-refractivity contribution in [3.63, 3.8) is 0 Å². The molecule has 0 saturated carbocycles. The molecule has 1 aromatic heterocycles. The standard InChI is InChI=1S/C18H29N3O4S/c1-12(2)19-18(23)10-20(5)9-17(22)16-8-13(3)21(14(16)4)15-6-7-26(24,25)11-15/h8,12,15H,6-7,9-11H2,1-5H3,(H,19,23)/p+1/t15-/m0/s1. The van der Waals surface area contributed by atoms with Crippen LogP contribution in [-0.4, -0.2) is 62.4 Å². The molecule has 2 heterocycles. The zero-order valence-corrected chi connectivity index (χ0v) is 17.1. The van der Waals surface area contributed by atoms with Gasteiger partial charge < -0.3 is 14.8 Å². The fourth-order valence-electron chi connectivity index (χ4n) is 3.68. The summed E-state index contributed by atoms with van der Waals surface area (Å²) in [6.45, 7) is 8.03. The van der Waals surface area contributed by atoms with Gasteiger partial charge in [-0.1, -0.05) is 0 Å². The van der Waals surface area contributed by atoms with Crippen molar-refractivity contribution < 1.29 is 22.9 Å². The highest BCUT2D eigenvalue weighted by molar-refractivity contribution is 7.91. The van der Waals surface area contributed by atoms with Crippen LogP contribution < -0.4 is 10.2 Å². The van der Waals surface area contributed by atoms with Crippen LogP contribution in [-0.2, 0) is 14.6 Å². The highest BCUT2D eigenvalue weighted by Gasteiger charge is 2.32. The Hall–Kier alpha value is -1.67. The predicted molar refractivity (Wildman–Crippen MR) is 100 cm³/mol. The number of Topliss-reactive ketones (excluding diaryl/α,β-unsaturated/α-hetero) is 1. The fraction of sp³-hybridized carbons (Fsp3) is 0.667. The molecular formula is C18H30N3O4S+. The number of nitrogens with one attached hydrogen (secondary N) is 2. The number of rotatable bonds is 7. The Morgan fingerprint density at radius 2 is 1.96 bits per heavy atom. The molecule has 1 unspecified atom stereocenters. The first kappa shape index (κ1) is 20.6. The number of nitrogens with zero attached hydrogens (tertiary/aromatic N) is 1. The minimum Gasteiger partial charge on any atom is -0.349 e. The molecule has 1 saturated heterocycles. The van der Waals surface area contributed by atoms with Crippen LogP contribution in [0.4, 0.5) is 0 Å². The number of hydrogen-bond donors (Lipinski definition) is 2. The van der Waals surface area contributed by atoms with E-state index in [1.54, 1.807) is 0 Å². The summed E-state index contributed by atoms with van der Waals surface area (Å²) < 4.78 is 25.5. The number of carbonyl (C=O) groups is 2. The van der Waals surface area contributed by atoms with Gasteiger partial charge in [0.1, 0.15) is 6.54 Å². The molecule has 0 aliphatic carbocycles. The summed E-state index contributed by atoms with van der Waals surface area (Å²) in [5.74, 6) is 0.236. The van der Waals surface area contributed by atoms with Crippen LogP contribution >= 0.6 is 0 Å². The molecule has 0 aromatic carbocycles. The van der Waals surface area contributed by atoms with E-state index in [1.807, 2.05) is 45.4 Å². The van der Waals surface area contributed by atoms with E-state index in [0.29, 0.717) is 12.0 Å². The van der Waals surface area contributed by atoms with Gasteiger partial charge >= 0.3 is 0 Å². The molecular weight excluding hydrogens is 354 g/mol. The lowest BCUT2D eigenvalue weighted by Crippen LogP contribution is -3.11. The van der Waals surface area contributed by atoms with Crippen molar-refractivity contribution in [1.82, 2.24) is 9.88 Å². The number of aryl methyl sites for hydroxylation is 1. The molecule has 1 aromatic rings. The first-order chi connectivity index (χ1) is 12.0. The second-order valence-corrected chi connectivity index (χ2v) is 9.90. The Kier molecular flexibility index (Phi) is 6.29. The minimum atomic E-state index is -2.98. The van der Waals surface area contributed by atoms with Crippen LogP contribution in [0, 0.1) is 13.8 Å². The molecule has 2 rings (SSSR count). The molecule has 1 aliphatic rings. The smallest absolute Gasteiger partial charge is 0.275 e. The fourth-order valence-corrected chi connectivity index (χ4v) is 5.38. The lowest BCUT2D eigenvalue weighted by atomic mass is 10.1. The van der Waals surface area contributed by atoms with Crippen LogP contribution in [0.2, 0.25) is 0 Å². The molecule has 7 nitrogen and oxygen atoms in total. The van der Waals surface area contributed by atoms with Gasteiger partial charge in [0.2, 0.25) is 5.78 Å². The summed E-state index contributed by atoms with van der Waals surface area (Å²) >= 11 is 0. The van der Waals surface area contributed by atoms with Gasteiger partial charge in [-0.2, -0.15) is 0 Å². The SMILES string of the molecule is Cc1cc(C(=O)C[NH+](C)CC(=O)NC(C)C)c(C)n1[C@H]1CCS(=O)(=O)C1. The van der Waals surface area contributed by atoms with Crippen LogP contribution in [0.25, 0.3) is 0 Å². The van der Waals surface area contributed by atoms with Gasteiger partial charge in [-0.05, 0) is 40.2 Å². The largest absolute Gasteiger partial charge is 0.349 e. The lowest BCUT2D eigenvalue weighted by Gasteiger charge is -2.17. The first-order valence-corrected chi connectivity index (χ1v) is 10.8. The van der Waals surface area contributed by atoms with E-state index in [0.717, 1.165) is 16.3 Å². The lowest BCUT2D eigenvalue weighted by molar-refractivity contribution is -0.862. The van der Waals surface area contributed by atoms with E-state index in [-0.39, 0.29) is 48.4 Å². The van der Waals surface area contributed by atoms with E-state index in [4.69, 9.17) is 0 Å². The number of ketones is 1. The number of quaternary nitrogens is 1. The van der Waals surface area contributed by atoms with E-state index >= 15 is 0 Å². The summed E-state index contributed by atoms with van der Waals surface area (Å²) in [5.41, 5.74) is 2.34. The van der Waals surface area contributed by atoms with Crippen molar-refractivity contribution in [2.45, 2.75) is 46.2 Å². The second kappa shape index (κ2) is 7.92. The van der Waals surface area contributed by atoms with Crippen molar-refractivity contribution in [2.24, 2.45) is 0 Å². The quantitative estimate of drug-likeness (QED) is 0.631. The summed E-state index contributed by atoms with van der Waals surface area (Å²) in [5, 5.41) is 2.82. The molecule has 8 heteroatoms. The average molecular weight is 385 g/mol. The second-order valence-electron chi connectivity index (χ2n) is 7.67. The Morgan fingerprint density at radius 3 is 2.50 bits per heavy atom. The summed E-state index contributed by atoms with van der Waals surface area (Å²) in [4.78, 5) is 25.4. The Bertz CT molecular complexity index is 796. The highest BCUT2D eigenvalue weighted by Crippen LogP contribution is 2.29. The van der Waals surface area contributed by atoms with Gasteiger partial charge in [0.25, 0.3) is 5.91 Å². The molecule has 1 fully saturated rings. The minimum absolute atomic E-state index is 0.0277. The molecule has 2 atom stereocenters. The normalized spacial score (nSPS) is 20.3. The van der Waals surface area contributed by atoms with Crippen molar-refractivity contribution in [3.05, 3.63) is 23.0 Å². The molecule has 26 heavy (non-hydrogen) atoms. The van der Waals surface area contributed by atoms with Gasteiger partial charge in [0.15, 0.2) is 16.4 Å². The zero-order valence-electron chi connectivity index (χ0n) is 16.3. The van der Waals surface area contributed by atoms with E-state index < -0.39 is 9.84 Å². The van der Waals surface area contributed by atoms with Crippen LogP contribution in [0.5, 0.6) is 0 Å². The number of carbonyl (C=O) groups excluding carboxylic acids is 2. The van der Waals surface area contributed by atoms with Gasteiger partial charge in [-0.3, -0.25) is 9.59 Å². The van der Waals surface area contributed by atoms with Gasteiger partial charge in [0, 0.05) is 29.0 Å². The van der Waals surface area contributed by atoms with Crippen LogP contribution in [0.1, 0.15) is 48.1 Å². The third kappa shape index (κ3) is 4.94. The monoisotopic (exact) mass is 384 g/mol. The highest BCUT2D eigenvalue weighted by atomic mass is 32.2. The van der Waals surface area contributed by atoms with Crippen molar-refractivity contribution in [3.8, 4) is 0 Å². The van der Waals surface area contributed by atoms with Gasteiger partial charge in [-0.25, -0.2) is 8.42 Å². The van der Waals surface area contributed by atoms with E-state index in [2.05, 4.69) is 5.32 Å². The third-order valence-electron chi connectivity index (χ3n) is 4.73. The van der Waals surface area contributed by atoms with Crippen LogP contribution in [0.15, 0.2) is 6.07 Å². The summed E-state index contributed by atoms with van der Waals surface area (Å²) in [6.07, 6.45) is 0.590. The van der Waals surface area contributed by atoms with Gasteiger partial charge in [0.05, 0.1) is 18.6 Å². The molecule has 2 N–H and O–H groups in total. The van der Waals surface area contributed by atoms with Crippen molar-refractivity contribution >= 4 is 21.5 Å². The number of hydrogen-bond acceptors (Lipinski definition) is 4. The summed E-state index contributed by atoms with van der Waals surface area (Å²) in [6, 6.07) is 1.82. The first-order valence-electron chi connectivity index (χ1n) is 9.03. The van der Waals surface area contributed by atoms with E-state index in [1.165, 1.54) is 0 Å². The molecule has 0 radical (unpaired) electrons. The molecule has 1 amide bonds. The predicted octanol–water partition coefficient (Wildman–Crippen LogP) is -0.313. The average Bonchev–Trinajstić information content (AvgIpc) is 2.96. The summed E-state index contributed by atoms with van der Waals surface area (Å²) in [7, 11) is -1.16. The van der Waals surface area contributed by atoms with Crippen LogP contribution in [0.3, 0.4) is 0 Å². The number of amides is 1.